The highest BCUT2D eigenvalue weighted by Crippen LogP contribution is 2.02. The summed E-state index contributed by atoms with van der Waals surface area (Å²) >= 11 is 0. The van der Waals surface area contributed by atoms with E-state index in [1.165, 1.54) is 6.42 Å². The van der Waals surface area contributed by atoms with Crippen LogP contribution in [0.25, 0.3) is 0 Å². The normalized spacial score (nSPS) is 12.2. The van der Waals surface area contributed by atoms with Crippen LogP contribution in [0, 0.1) is 11.8 Å². The molecule has 0 spiro atoms. The minimum absolute atomic E-state index is 0.712. The largest absolute Gasteiger partial charge is 0.0880 e. The fraction of sp³-hybridized carbons (Fsp3) is 0.778. The van der Waals surface area contributed by atoms with E-state index in [4.69, 9.17) is 0 Å². The maximum Gasteiger partial charge on any atom is -0.0290 e. The van der Waals surface area contributed by atoms with E-state index in [0.717, 1.165) is 5.92 Å². The molecule has 0 bridgehead atoms. The predicted octanol–water partition coefficient (Wildman–Crippen LogP) is 3.24. The molecule has 0 atom stereocenters. The van der Waals surface area contributed by atoms with Crippen LogP contribution in [0.2, 0.25) is 0 Å². The van der Waals surface area contributed by atoms with Crippen molar-refractivity contribution >= 4 is 0 Å². The smallest absolute Gasteiger partial charge is 0.0290 e. The van der Waals surface area contributed by atoms with Gasteiger partial charge < -0.3 is 0 Å². The van der Waals surface area contributed by atoms with Crippen LogP contribution in [0.3, 0.4) is 0 Å². The summed E-state index contributed by atoms with van der Waals surface area (Å²) in [6, 6.07) is 0. The summed E-state index contributed by atoms with van der Waals surface area (Å²) in [4.78, 5) is 0. The van der Waals surface area contributed by atoms with Crippen molar-refractivity contribution in [1.29, 1.82) is 0 Å². The molecule has 0 rings (SSSR count). The summed E-state index contributed by atoms with van der Waals surface area (Å²) in [5, 5.41) is 0. The zero-order valence-corrected chi connectivity index (χ0v) is 7.02. The third kappa shape index (κ3) is 7.74. The van der Waals surface area contributed by atoms with Crippen LogP contribution in [-0.2, 0) is 0 Å². The van der Waals surface area contributed by atoms with Gasteiger partial charge in [-0.3, -0.25) is 0 Å². The van der Waals surface area contributed by atoms with Gasteiger partial charge in [0.15, 0.2) is 0 Å². The average molecular weight is 126 g/mol. The Morgan fingerprint density at radius 3 is 2.00 bits per heavy atom. The number of allylic oxidation sites excluding steroid dienone is 2. The summed E-state index contributed by atoms with van der Waals surface area (Å²) in [6.07, 6.45) is 5.76. The minimum Gasteiger partial charge on any atom is -0.0880 e. The molecule has 0 saturated heterocycles. The molecule has 0 heteroatoms. The van der Waals surface area contributed by atoms with Crippen molar-refractivity contribution in [2.45, 2.75) is 34.1 Å². The zero-order valence-electron chi connectivity index (χ0n) is 7.02. The summed E-state index contributed by atoms with van der Waals surface area (Å²) in [5.41, 5.74) is 0. The lowest BCUT2D eigenvalue weighted by molar-refractivity contribution is 0.659. The predicted molar refractivity (Wildman–Crippen MR) is 43.4 cm³/mol. The molecule has 0 saturated carbocycles. The Balaban J connectivity index is 3.25. The van der Waals surface area contributed by atoms with E-state index in [2.05, 4.69) is 39.8 Å². The van der Waals surface area contributed by atoms with Gasteiger partial charge in [0.1, 0.15) is 0 Å². The molecule has 0 amide bonds. The number of hydrogen-bond donors (Lipinski definition) is 0. The minimum atomic E-state index is 0.712. The molecule has 0 aliphatic carbocycles. The van der Waals surface area contributed by atoms with Gasteiger partial charge in [-0.15, -0.1) is 0 Å². The molecule has 0 heterocycles. The molecular weight excluding hydrogens is 108 g/mol. The van der Waals surface area contributed by atoms with Gasteiger partial charge in [0, 0.05) is 0 Å². The Hall–Kier alpha value is -0.260. The maximum atomic E-state index is 2.27. The molecule has 0 aromatic heterocycles. The van der Waals surface area contributed by atoms with Crippen LogP contribution in [-0.4, -0.2) is 0 Å². The summed E-state index contributed by atoms with van der Waals surface area (Å²) in [5.74, 6) is 1.52. The Kier molecular flexibility index (Phi) is 4.47. The molecule has 0 N–H and O–H groups in total. The third-order valence-electron chi connectivity index (χ3n) is 1.13. The first-order chi connectivity index (χ1) is 4.13. The van der Waals surface area contributed by atoms with E-state index < -0.39 is 0 Å². The lowest BCUT2D eigenvalue weighted by Gasteiger charge is -1.97. The van der Waals surface area contributed by atoms with E-state index in [9.17, 15) is 0 Å². The lowest BCUT2D eigenvalue weighted by Crippen LogP contribution is -1.83. The van der Waals surface area contributed by atoms with Gasteiger partial charge in [-0.25, -0.2) is 0 Å². The maximum absolute atomic E-state index is 2.27. The summed E-state index contributed by atoms with van der Waals surface area (Å²) < 4.78 is 0. The molecule has 54 valence electrons. The Labute approximate surface area is 59.0 Å². The van der Waals surface area contributed by atoms with E-state index in [-0.39, 0.29) is 0 Å². The first-order valence-electron chi connectivity index (χ1n) is 3.79. The van der Waals surface area contributed by atoms with Gasteiger partial charge in [-0.05, 0) is 18.3 Å². The van der Waals surface area contributed by atoms with E-state index in [1.807, 2.05) is 0 Å². The summed E-state index contributed by atoms with van der Waals surface area (Å²) in [6.45, 7) is 8.89. The molecule has 0 aromatic rings. The van der Waals surface area contributed by atoms with Crippen LogP contribution in [0.1, 0.15) is 34.1 Å². The van der Waals surface area contributed by atoms with Crippen LogP contribution in [0.4, 0.5) is 0 Å². The second kappa shape index (κ2) is 4.60. The molecule has 0 aliphatic heterocycles. The van der Waals surface area contributed by atoms with Crippen molar-refractivity contribution in [3.8, 4) is 0 Å². The topological polar surface area (TPSA) is 0 Å². The van der Waals surface area contributed by atoms with Crippen molar-refractivity contribution in [3.63, 3.8) is 0 Å². The Morgan fingerprint density at radius 1 is 1.11 bits per heavy atom. The highest BCUT2D eigenvalue weighted by molar-refractivity contribution is 4.84. The van der Waals surface area contributed by atoms with Gasteiger partial charge >= 0.3 is 0 Å². The van der Waals surface area contributed by atoms with Crippen molar-refractivity contribution < 1.29 is 0 Å². The Bertz CT molecular complexity index is 78.0. The fourth-order valence-corrected chi connectivity index (χ4v) is 0.623. The van der Waals surface area contributed by atoms with Gasteiger partial charge in [0.2, 0.25) is 0 Å². The van der Waals surface area contributed by atoms with Gasteiger partial charge in [0.25, 0.3) is 0 Å². The van der Waals surface area contributed by atoms with Gasteiger partial charge in [-0.1, -0.05) is 39.8 Å². The SMILES string of the molecule is CC(C)/C=C/CC(C)C. The van der Waals surface area contributed by atoms with E-state index in [1.54, 1.807) is 0 Å². The van der Waals surface area contributed by atoms with Gasteiger partial charge in [-0.2, -0.15) is 0 Å². The van der Waals surface area contributed by atoms with Crippen LogP contribution >= 0.6 is 0 Å². The van der Waals surface area contributed by atoms with E-state index >= 15 is 0 Å². The second-order valence-corrected chi connectivity index (χ2v) is 3.30. The highest BCUT2D eigenvalue weighted by Gasteiger charge is 1.87. The molecular formula is C9H18. The quantitative estimate of drug-likeness (QED) is 0.509. The lowest BCUT2D eigenvalue weighted by atomic mass is 10.1. The molecule has 0 fully saturated rings. The number of rotatable bonds is 3. The fourth-order valence-electron chi connectivity index (χ4n) is 0.623. The van der Waals surface area contributed by atoms with E-state index in [0.29, 0.717) is 5.92 Å². The van der Waals surface area contributed by atoms with Crippen LogP contribution < -0.4 is 0 Å². The average Bonchev–Trinajstić information content (AvgIpc) is 1.63. The first-order valence-corrected chi connectivity index (χ1v) is 3.79. The number of hydrogen-bond acceptors (Lipinski definition) is 0. The standard InChI is InChI=1S/C9H18/c1-8(2)6-5-7-9(3)4/h5-6,8-9H,7H2,1-4H3/b6-5+. The molecule has 0 unspecified atom stereocenters. The van der Waals surface area contributed by atoms with Crippen LogP contribution in [0.5, 0.6) is 0 Å². The zero-order chi connectivity index (χ0) is 7.28. The van der Waals surface area contributed by atoms with Gasteiger partial charge in [0.05, 0.1) is 0 Å². The molecule has 9 heavy (non-hydrogen) atoms. The highest BCUT2D eigenvalue weighted by atomic mass is 13.9. The van der Waals surface area contributed by atoms with Crippen LogP contribution in [0.15, 0.2) is 12.2 Å². The molecule has 0 aliphatic rings. The monoisotopic (exact) mass is 126 g/mol. The van der Waals surface area contributed by atoms with Crippen molar-refractivity contribution in [1.82, 2.24) is 0 Å². The molecule has 0 nitrogen and oxygen atoms in total. The molecule has 0 radical (unpaired) electrons. The van der Waals surface area contributed by atoms with Crippen molar-refractivity contribution in [3.05, 3.63) is 12.2 Å². The first kappa shape index (κ1) is 8.74. The second-order valence-electron chi connectivity index (χ2n) is 3.30. The Morgan fingerprint density at radius 2 is 1.67 bits per heavy atom. The summed E-state index contributed by atoms with van der Waals surface area (Å²) in [7, 11) is 0. The van der Waals surface area contributed by atoms with Crippen molar-refractivity contribution in [2.75, 3.05) is 0 Å². The third-order valence-corrected chi connectivity index (χ3v) is 1.13. The van der Waals surface area contributed by atoms with Crippen molar-refractivity contribution in [2.24, 2.45) is 11.8 Å². The molecule has 0 aromatic carbocycles.